The molecule has 0 unspecified atom stereocenters. The van der Waals surface area contributed by atoms with E-state index < -0.39 is 5.82 Å². The van der Waals surface area contributed by atoms with E-state index in [-0.39, 0.29) is 5.78 Å². The number of rotatable bonds is 5. The molecular formula is C21H18FNO. The molecule has 0 atom stereocenters. The maximum atomic E-state index is 13.3. The van der Waals surface area contributed by atoms with Crippen LogP contribution in [0.25, 0.3) is 11.1 Å². The first-order valence-electron chi connectivity index (χ1n) is 7.87. The second-order valence-electron chi connectivity index (χ2n) is 5.61. The summed E-state index contributed by atoms with van der Waals surface area (Å²) in [5, 5.41) is 0. The molecule has 0 bridgehead atoms. The van der Waals surface area contributed by atoms with Crippen LogP contribution in [0.15, 0.2) is 72.8 Å². The van der Waals surface area contributed by atoms with E-state index in [1.807, 2.05) is 30.3 Å². The van der Waals surface area contributed by atoms with Gasteiger partial charge in [-0.2, -0.15) is 0 Å². The number of hydrogen-bond donors (Lipinski definition) is 1. The first-order valence-corrected chi connectivity index (χ1v) is 7.87. The van der Waals surface area contributed by atoms with Crippen LogP contribution < -0.4 is 5.73 Å². The zero-order valence-corrected chi connectivity index (χ0v) is 13.2. The molecule has 0 fully saturated rings. The lowest BCUT2D eigenvalue weighted by atomic mass is 9.95. The molecule has 0 aliphatic heterocycles. The molecule has 0 aliphatic carbocycles. The van der Waals surface area contributed by atoms with Gasteiger partial charge in [0.15, 0.2) is 5.78 Å². The van der Waals surface area contributed by atoms with Gasteiger partial charge in [-0.3, -0.25) is 4.79 Å². The molecule has 0 radical (unpaired) electrons. The number of hydrogen-bond acceptors (Lipinski definition) is 2. The van der Waals surface area contributed by atoms with Gasteiger partial charge in [0.2, 0.25) is 0 Å². The van der Waals surface area contributed by atoms with Crippen molar-refractivity contribution < 1.29 is 9.18 Å². The van der Waals surface area contributed by atoms with Crippen LogP contribution in [0.4, 0.5) is 4.39 Å². The first kappa shape index (κ1) is 16.1. The summed E-state index contributed by atoms with van der Waals surface area (Å²) in [4.78, 5) is 12.4. The Hall–Kier alpha value is -2.78. The van der Waals surface area contributed by atoms with Gasteiger partial charge in [-0.15, -0.1) is 0 Å². The zero-order valence-electron chi connectivity index (χ0n) is 13.2. The lowest BCUT2D eigenvalue weighted by Crippen LogP contribution is -2.04. The number of halogens is 1. The van der Waals surface area contributed by atoms with Crippen LogP contribution >= 0.6 is 0 Å². The fourth-order valence-corrected chi connectivity index (χ4v) is 2.77. The first-order chi connectivity index (χ1) is 11.7. The number of ketones is 1. The van der Waals surface area contributed by atoms with Crippen LogP contribution in [-0.4, -0.2) is 12.3 Å². The molecule has 0 amide bonds. The minimum Gasteiger partial charge on any atom is -0.330 e. The van der Waals surface area contributed by atoms with Gasteiger partial charge in [0.25, 0.3) is 0 Å². The molecule has 120 valence electrons. The Morgan fingerprint density at radius 3 is 2.33 bits per heavy atom. The van der Waals surface area contributed by atoms with E-state index in [1.165, 1.54) is 17.7 Å². The van der Waals surface area contributed by atoms with Crippen LogP contribution in [0.5, 0.6) is 0 Å². The molecular weight excluding hydrogens is 301 g/mol. The Morgan fingerprint density at radius 2 is 1.62 bits per heavy atom. The van der Waals surface area contributed by atoms with E-state index >= 15 is 0 Å². The molecule has 2 nitrogen and oxygen atoms in total. The lowest BCUT2D eigenvalue weighted by molar-refractivity contribution is 0.103. The number of carbonyl (C=O) groups excluding carboxylic acids is 1. The molecule has 0 saturated heterocycles. The Balaban J connectivity index is 1.90. The summed E-state index contributed by atoms with van der Waals surface area (Å²) >= 11 is 0. The largest absolute Gasteiger partial charge is 0.330 e. The molecule has 24 heavy (non-hydrogen) atoms. The molecule has 2 N–H and O–H groups in total. The van der Waals surface area contributed by atoms with Crippen LogP contribution in [-0.2, 0) is 6.42 Å². The zero-order chi connectivity index (χ0) is 16.9. The third-order valence-electron chi connectivity index (χ3n) is 3.98. The maximum Gasteiger partial charge on any atom is 0.193 e. The Labute approximate surface area is 140 Å². The molecule has 3 aromatic carbocycles. The topological polar surface area (TPSA) is 43.1 Å². The number of carbonyl (C=O) groups is 1. The quantitative estimate of drug-likeness (QED) is 0.715. The average Bonchev–Trinajstić information content (AvgIpc) is 2.62. The molecule has 0 heterocycles. The highest BCUT2D eigenvalue weighted by Gasteiger charge is 2.11. The van der Waals surface area contributed by atoms with E-state index in [9.17, 15) is 9.18 Å². The molecule has 0 aromatic heterocycles. The summed E-state index contributed by atoms with van der Waals surface area (Å²) in [6.07, 6.45) is 0.806. The van der Waals surface area contributed by atoms with Gasteiger partial charge < -0.3 is 5.73 Å². The van der Waals surface area contributed by atoms with Gasteiger partial charge in [-0.25, -0.2) is 4.39 Å². The summed E-state index contributed by atoms with van der Waals surface area (Å²) in [5.74, 6) is -0.593. The molecule has 0 saturated carbocycles. The summed E-state index contributed by atoms with van der Waals surface area (Å²) in [6, 6.07) is 21.2. The van der Waals surface area contributed by atoms with Crippen LogP contribution in [0.3, 0.4) is 0 Å². The predicted octanol–water partition coefficient (Wildman–Crippen LogP) is 4.22. The third-order valence-corrected chi connectivity index (χ3v) is 3.98. The van der Waals surface area contributed by atoms with Gasteiger partial charge >= 0.3 is 0 Å². The fourth-order valence-electron chi connectivity index (χ4n) is 2.77. The van der Waals surface area contributed by atoms with Crippen molar-refractivity contribution in [1.82, 2.24) is 0 Å². The fraction of sp³-hybridized carbons (Fsp3) is 0.0952. The van der Waals surface area contributed by atoms with Crippen molar-refractivity contribution in [3.05, 3.63) is 95.3 Å². The smallest absolute Gasteiger partial charge is 0.193 e. The van der Waals surface area contributed by atoms with Gasteiger partial charge in [0.05, 0.1) is 0 Å². The summed E-state index contributed by atoms with van der Waals surface area (Å²) in [6.45, 7) is 0.590. The third kappa shape index (κ3) is 3.42. The molecule has 3 rings (SSSR count). The Morgan fingerprint density at radius 1 is 0.875 bits per heavy atom. The van der Waals surface area contributed by atoms with E-state index in [1.54, 1.807) is 24.3 Å². The summed E-state index contributed by atoms with van der Waals surface area (Å²) in [7, 11) is 0. The highest BCUT2D eigenvalue weighted by Crippen LogP contribution is 2.25. The number of benzene rings is 3. The maximum absolute atomic E-state index is 13.3. The molecule has 0 aliphatic rings. The van der Waals surface area contributed by atoms with Crippen molar-refractivity contribution in [2.75, 3.05) is 6.54 Å². The van der Waals surface area contributed by atoms with E-state index in [0.717, 1.165) is 17.5 Å². The Bertz CT molecular complexity index is 856. The van der Waals surface area contributed by atoms with Crippen molar-refractivity contribution in [1.29, 1.82) is 0 Å². The van der Waals surface area contributed by atoms with E-state index in [4.69, 9.17) is 5.73 Å². The van der Waals surface area contributed by atoms with E-state index in [0.29, 0.717) is 17.7 Å². The van der Waals surface area contributed by atoms with Crippen molar-refractivity contribution in [3.8, 4) is 11.1 Å². The average molecular weight is 319 g/mol. The monoisotopic (exact) mass is 319 g/mol. The summed E-state index contributed by atoms with van der Waals surface area (Å²) < 4.78 is 13.3. The van der Waals surface area contributed by atoms with E-state index in [2.05, 4.69) is 6.07 Å². The normalized spacial score (nSPS) is 10.6. The van der Waals surface area contributed by atoms with Crippen molar-refractivity contribution in [3.63, 3.8) is 0 Å². The number of nitrogens with two attached hydrogens (primary N) is 1. The molecule has 0 spiro atoms. The van der Waals surface area contributed by atoms with Crippen molar-refractivity contribution in [2.24, 2.45) is 5.73 Å². The van der Waals surface area contributed by atoms with Crippen LogP contribution in [0, 0.1) is 5.82 Å². The SMILES string of the molecule is NCCc1ccccc1-c1ccc(C(=O)c2cccc(F)c2)cc1. The lowest BCUT2D eigenvalue weighted by Gasteiger charge is -2.09. The Kier molecular flexibility index (Phi) is 4.82. The highest BCUT2D eigenvalue weighted by atomic mass is 19.1. The molecule has 3 heteroatoms. The van der Waals surface area contributed by atoms with Crippen LogP contribution in [0.1, 0.15) is 21.5 Å². The van der Waals surface area contributed by atoms with Gasteiger partial charge in [-0.05, 0) is 41.8 Å². The van der Waals surface area contributed by atoms with Gasteiger partial charge in [0, 0.05) is 11.1 Å². The van der Waals surface area contributed by atoms with Crippen LogP contribution in [0.2, 0.25) is 0 Å². The second kappa shape index (κ2) is 7.20. The minimum absolute atomic E-state index is 0.184. The molecule has 3 aromatic rings. The van der Waals surface area contributed by atoms with Crippen molar-refractivity contribution >= 4 is 5.78 Å². The second-order valence-corrected chi connectivity index (χ2v) is 5.61. The summed E-state index contributed by atoms with van der Waals surface area (Å²) in [5.41, 5.74) is 9.91. The minimum atomic E-state index is -0.409. The highest BCUT2D eigenvalue weighted by molar-refractivity contribution is 6.09. The standard InChI is InChI=1S/C21H18FNO/c22-19-6-3-5-18(14-19)21(24)17-10-8-16(9-11-17)20-7-2-1-4-15(20)12-13-23/h1-11,14H,12-13,23H2. The van der Waals surface area contributed by atoms with Gasteiger partial charge in [0.1, 0.15) is 5.82 Å². The van der Waals surface area contributed by atoms with Gasteiger partial charge in [-0.1, -0.05) is 60.7 Å². The predicted molar refractivity (Wildman–Crippen MR) is 94.5 cm³/mol. The van der Waals surface area contributed by atoms with Crippen molar-refractivity contribution in [2.45, 2.75) is 6.42 Å².